The van der Waals surface area contributed by atoms with Gasteiger partial charge in [0.05, 0.1) is 5.02 Å². The van der Waals surface area contributed by atoms with E-state index in [1.807, 2.05) is 30.3 Å². The highest BCUT2D eigenvalue weighted by molar-refractivity contribution is 7.98. The first-order chi connectivity index (χ1) is 12.5. The molecular weight excluding hydrogens is 364 g/mol. The van der Waals surface area contributed by atoms with Crippen molar-refractivity contribution in [1.82, 2.24) is 4.90 Å². The summed E-state index contributed by atoms with van der Waals surface area (Å²) in [5.74, 6) is 0.482. The van der Waals surface area contributed by atoms with Crippen LogP contribution < -0.4 is 5.73 Å². The number of rotatable bonds is 6. The quantitative estimate of drug-likeness (QED) is 0.795. The van der Waals surface area contributed by atoms with E-state index in [-0.39, 0.29) is 5.91 Å². The van der Waals surface area contributed by atoms with Gasteiger partial charge < -0.3 is 10.6 Å². The highest BCUT2D eigenvalue weighted by atomic mass is 35.5. The highest BCUT2D eigenvalue weighted by Gasteiger charge is 2.45. The molecule has 1 heterocycles. The second-order valence-electron chi connectivity index (χ2n) is 6.61. The van der Waals surface area contributed by atoms with Crippen molar-refractivity contribution in [3.63, 3.8) is 0 Å². The lowest BCUT2D eigenvalue weighted by Crippen LogP contribution is -2.45. The topological polar surface area (TPSA) is 46.3 Å². The number of carbonyl (C=O) groups is 1. The van der Waals surface area contributed by atoms with Gasteiger partial charge in [-0.3, -0.25) is 4.79 Å². The van der Waals surface area contributed by atoms with Crippen molar-refractivity contribution in [2.45, 2.75) is 36.3 Å². The van der Waals surface area contributed by atoms with Gasteiger partial charge in [-0.1, -0.05) is 61.8 Å². The molecule has 1 amide bonds. The Morgan fingerprint density at radius 1 is 1.15 bits per heavy atom. The third kappa shape index (κ3) is 3.26. The molecule has 0 bridgehead atoms. The number of carbonyl (C=O) groups excluding carboxylic acids is 1. The fourth-order valence-electron chi connectivity index (χ4n) is 3.87. The molecule has 0 spiro atoms. The van der Waals surface area contributed by atoms with E-state index in [0.29, 0.717) is 11.4 Å². The Bertz CT molecular complexity index is 806. The van der Waals surface area contributed by atoms with Crippen LogP contribution in [0.25, 0.3) is 0 Å². The molecule has 1 unspecified atom stereocenters. The molecule has 0 saturated heterocycles. The molecule has 138 valence electrons. The molecule has 2 aromatic rings. The number of nitrogens with two attached hydrogens (primary N) is 1. The minimum atomic E-state index is -0.858. The zero-order valence-corrected chi connectivity index (χ0v) is 16.9. The van der Waals surface area contributed by atoms with Crippen LogP contribution in [0.4, 0.5) is 0 Å². The van der Waals surface area contributed by atoms with E-state index in [0.717, 1.165) is 47.0 Å². The molecule has 3 rings (SSSR count). The molecule has 26 heavy (non-hydrogen) atoms. The number of hydrogen-bond acceptors (Lipinski definition) is 3. The fraction of sp³-hybridized carbons (Fsp3) is 0.381. The Hall–Kier alpha value is -1.49. The number of primary amides is 1. The predicted molar refractivity (Wildman–Crippen MR) is 110 cm³/mol. The average Bonchev–Trinajstić information content (AvgIpc) is 2.79. The zero-order valence-electron chi connectivity index (χ0n) is 15.3. The number of fused-ring (bicyclic) bond motifs is 2. The van der Waals surface area contributed by atoms with E-state index in [4.69, 9.17) is 17.3 Å². The van der Waals surface area contributed by atoms with Crippen LogP contribution in [0, 0.1) is 0 Å². The van der Waals surface area contributed by atoms with Gasteiger partial charge >= 0.3 is 0 Å². The van der Waals surface area contributed by atoms with Crippen LogP contribution in [0.2, 0.25) is 5.02 Å². The smallest absolute Gasteiger partial charge is 0.232 e. The zero-order chi connectivity index (χ0) is 18.7. The lowest BCUT2D eigenvalue weighted by atomic mass is 9.70. The summed E-state index contributed by atoms with van der Waals surface area (Å²) < 4.78 is 0. The van der Waals surface area contributed by atoms with Crippen LogP contribution in [0.5, 0.6) is 0 Å². The van der Waals surface area contributed by atoms with Crippen molar-refractivity contribution in [1.29, 1.82) is 0 Å². The second-order valence-corrected chi connectivity index (χ2v) is 8.00. The van der Waals surface area contributed by atoms with Crippen molar-refractivity contribution < 1.29 is 4.79 Å². The summed E-state index contributed by atoms with van der Waals surface area (Å²) >= 11 is 8.21. The fourth-order valence-corrected chi connectivity index (χ4v) is 5.37. The summed E-state index contributed by atoms with van der Waals surface area (Å²) in [6, 6.07) is 14.0. The summed E-state index contributed by atoms with van der Waals surface area (Å²) in [4.78, 5) is 16.3. The van der Waals surface area contributed by atoms with Crippen LogP contribution >= 0.6 is 23.4 Å². The number of halogens is 1. The van der Waals surface area contributed by atoms with Gasteiger partial charge in [0.25, 0.3) is 0 Å². The first kappa shape index (κ1) is 19.3. The van der Waals surface area contributed by atoms with Gasteiger partial charge in [-0.2, -0.15) is 0 Å². The van der Waals surface area contributed by atoms with E-state index >= 15 is 0 Å². The molecule has 0 aromatic heterocycles. The van der Waals surface area contributed by atoms with Crippen molar-refractivity contribution >= 4 is 29.3 Å². The third-order valence-corrected chi connectivity index (χ3v) is 7.00. The van der Waals surface area contributed by atoms with Crippen LogP contribution in [0.15, 0.2) is 47.4 Å². The normalized spacial score (nSPS) is 18.9. The molecule has 5 heteroatoms. The summed E-state index contributed by atoms with van der Waals surface area (Å²) in [7, 11) is 0. The molecule has 1 aliphatic rings. The first-order valence-electron chi connectivity index (χ1n) is 9.07. The molecule has 2 N–H and O–H groups in total. The minimum absolute atomic E-state index is 0.303. The van der Waals surface area contributed by atoms with Crippen LogP contribution in [-0.2, 0) is 16.0 Å². The van der Waals surface area contributed by atoms with Gasteiger partial charge in [0.1, 0.15) is 5.41 Å². The number of hydrogen-bond donors (Lipinski definition) is 1. The van der Waals surface area contributed by atoms with Crippen molar-refractivity contribution in [2.24, 2.45) is 5.73 Å². The van der Waals surface area contributed by atoms with Gasteiger partial charge in [0.15, 0.2) is 0 Å². The summed E-state index contributed by atoms with van der Waals surface area (Å²) in [6.07, 6.45) is 0.648. The van der Waals surface area contributed by atoms with Gasteiger partial charge in [0.2, 0.25) is 5.91 Å². The number of nitrogens with zero attached hydrogens (tertiary/aromatic N) is 1. The van der Waals surface area contributed by atoms with Gasteiger partial charge in [-0.05, 0) is 48.8 Å². The van der Waals surface area contributed by atoms with E-state index < -0.39 is 5.41 Å². The molecule has 0 fully saturated rings. The van der Waals surface area contributed by atoms with E-state index in [2.05, 4.69) is 30.9 Å². The van der Waals surface area contributed by atoms with Crippen molar-refractivity contribution in [2.75, 3.05) is 19.6 Å². The van der Waals surface area contributed by atoms with Crippen molar-refractivity contribution in [3.05, 3.63) is 64.2 Å². The number of thioether (sulfide) groups is 1. The van der Waals surface area contributed by atoms with E-state index in [1.54, 1.807) is 11.8 Å². The standard InChI is InChI=1S/C21H25ClN2OS/c1-3-24(4-2)13-12-21(20(23)25)16-9-6-5-8-15(16)14-26-19-17(21)10-7-11-18(19)22/h5-11H,3-4,12-14H2,1-2H3,(H2,23,25). The van der Waals surface area contributed by atoms with Crippen LogP contribution in [0.1, 0.15) is 37.0 Å². The minimum Gasteiger partial charge on any atom is -0.369 e. The summed E-state index contributed by atoms with van der Waals surface area (Å²) in [5, 5.41) is 0.689. The Labute approximate surface area is 164 Å². The second kappa shape index (κ2) is 8.03. The monoisotopic (exact) mass is 388 g/mol. The molecule has 2 aromatic carbocycles. The molecule has 1 aliphatic heterocycles. The van der Waals surface area contributed by atoms with E-state index in [1.165, 1.54) is 0 Å². The maximum absolute atomic E-state index is 13.0. The largest absolute Gasteiger partial charge is 0.369 e. The highest BCUT2D eigenvalue weighted by Crippen LogP contribution is 2.48. The summed E-state index contributed by atoms with van der Waals surface area (Å²) in [6.45, 7) is 6.99. The number of amides is 1. The Morgan fingerprint density at radius 2 is 1.85 bits per heavy atom. The lowest BCUT2D eigenvalue weighted by Gasteiger charge is -2.35. The lowest BCUT2D eigenvalue weighted by molar-refractivity contribution is -0.122. The molecule has 0 aliphatic carbocycles. The average molecular weight is 389 g/mol. The first-order valence-corrected chi connectivity index (χ1v) is 10.4. The predicted octanol–water partition coefficient (Wildman–Crippen LogP) is 4.45. The number of benzene rings is 2. The SMILES string of the molecule is CCN(CC)CCC1(C(N)=O)c2ccccc2CSc2c(Cl)cccc21. The Morgan fingerprint density at radius 3 is 2.54 bits per heavy atom. The Kier molecular flexibility index (Phi) is 5.96. The van der Waals surface area contributed by atoms with Gasteiger partial charge in [-0.15, -0.1) is 11.8 Å². The molecule has 1 atom stereocenters. The van der Waals surface area contributed by atoms with Crippen LogP contribution in [0.3, 0.4) is 0 Å². The third-order valence-electron chi connectivity index (χ3n) is 5.39. The van der Waals surface area contributed by atoms with Gasteiger partial charge in [0, 0.05) is 10.6 Å². The molecule has 0 radical (unpaired) electrons. The van der Waals surface area contributed by atoms with E-state index in [9.17, 15) is 4.79 Å². The van der Waals surface area contributed by atoms with Crippen molar-refractivity contribution in [3.8, 4) is 0 Å². The summed E-state index contributed by atoms with van der Waals surface area (Å²) in [5.41, 5.74) is 8.37. The molecule has 3 nitrogen and oxygen atoms in total. The maximum atomic E-state index is 13.0. The molecule has 0 saturated carbocycles. The Balaban J connectivity index is 2.23. The van der Waals surface area contributed by atoms with Gasteiger partial charge in [-0.25, -0.2) is 0 Å². The maximum Gasteiger partial charge on any atom is 0.232 e. The molecular formula is C21H25ClN2OS. The van der Waals surface area contributed by atoms with Crippen LogP contribution in [-0.4, -0.2) is 30.4 Å².